The Labute approximate surface area is 119 Å². The first-order valence-electron chi connectivity index (χ1n) is 6.71. The summed E-state index contributed by atoms with van der Waals surface area (Å²) in [5.41, 5.74) is 0. The highest BCUT2D eigenvalue weighted by Gasteiger charge is 1.97. The Kier molecular flexibility index (Phi) is 6.21. The summed E-state index contributed by atoms with van der Waals surface area (Å²) in [6.07, 6.45) is 1.08. The van der Waals surface area contributed by atoms with Gasteiger partial charge >= 0.3 is 0 Å². The van der Waals surface area contributed by atoms with E-state index in [0.717, 1.165) is 31.9 Å². The molecule has 2 aromatic rings. The van der Waals surface area contributed by atoms with Gasteiger partial charge in [-0.1, -0.05) is 30.3 Å². The van der Waals surface area contributed by atoms with E-state index < -0.39 is 0 Å². The van der Waals surface area contributed by atoms with Crippen LogP contribution in [0.3, 0.4) is 0 Å². The van der Waals surface area contributed by atoms with E-state index in [1.807, 2.05) is 11.8 Å². The molecule has 0 radical (unpaired) electrons. The van der Waals surface area contributed by atoms with E-state index >= 15 is 0 Å². The molecule has 0 unspecified atom stereocenters. The molecule has 2 nitrogen and oxygen atoms in total. The third-order valence-corrected chi connectivity index (χ3v) is 3.97. The molecular weight excluding hydrogens is 254 g/mol. The number of hydrogen-bond acceptors (Lipinski definition) is 3. The molecule has 0 aliphatic rings. The minimum atomic E-state index is 0.838. The summed E-state index contributed by atoms with van der Waals surface area (Å²) in [5, 5.41) is 6.06. The normalized spacial score (nSPS) is 11.0. The van der Waals surface area contributed by atoms with Gasteiger partial charge in [0.25, 0.3) is 0 Å². The zero-order valence-electron chi connectivity index (χ0n) is 11.4. The zero-order valence-corrected chi connectivity index (χ0v) is 12.2. The van der Waals surface area contributed by atoms with Gasteiger partial charge in [-0.15, -0.1) is 11.8 Å². The van der Waals surface area contributed by atoms with E-state index in [1.54, 1.807) is 7.11 Å². The molecule has 0 fully saturated rings. The molecule has 0 saturated heterocycles. The summed E-state index contributed by atoms with van der Waals surface area (Å²) in [5.74, 6) is 1.10. The molecule has 19 heavy (non-hydrogen) atoms. The van der Waals surface area contributed by atoms with Gasteiger partial charge in [0, 0.05) is 30.9 Å². The smallest absolute Gasteiger partial charge is 0.0474 e. The number of nitrogens with one attached hydrogen (secondary N) is 1. The molecule has 0 aliphatic heterocycles. The van der Waals surface area contributed by atoms with Gasteiger partial charge in [0.2, 0.25) is 0 Å². The SMILES string of the molecule is COCCCNCCSc1ccc2ccccc2c1. The van der Waals surface area contributed by atoms with Crippen LogP contribution in [0.25, 0.3) is 10.8 Å². The molecule has 3 heteroatoms. The highest BCUT2D eigenvalue weighted by atomic mass is 32.2. The number of rotatable bonds is 8. The molecule has 2 aromatic carbocycles. The van der Waals surface area contributed by atoms with Crippen molar-refractivity contribution in [3.05, 3.63) is 42.5 Å². The molecule has 0 saturated carbocycles. The number of ether oxygens (including phenoxy) is 1. The van der Waals surface area contributed by atoms with Crippen molar-refractivity contribution in [2.45, 2.75) is 11.3 Å². The lowest BCUT2D eigenvalue weighted by atomic mass is 10.1. The third-order valence-electron chi connectivity index (χ3n) is 2.97. The van der Waals surface area contributed by atoms with E-state index in [2.05, 4.69) is 47.8 Å². The zero-order chi connectivity index (χ0) is 13.3. The molecule has 1 N–H and O–H groups in total. The summed E-state index contributed by atoms with van der Waals surface area (Å²) in [6, 6.07) is 15.2. The molecule has 0 bridgehead atoms. The van der Waals surface area contributed by atoms with Crippen molar-refractivity contribution in [2.24, 2.45) is 0 Å². The second kappa shape index (κ2) is 8.20. The van der Waals surface area contributed by atoms with Gasteiger partial charge in [-0.05, 0) is 35.9 Å². The number of hydrogen-bond donors (Lipinski definition) is 1. The molecule has 0 atom stereocenters. The third kappa shape index (κ3) is 4.86. The maximum Gasteiger partial charge on any atom is 0.0474 e. The number of benzene rings is 2. The van der Waals surface area contributed by atoms with E-state index in [1.165, 1.54) is 15.7 Å². The highest BCUT2D eigenvalue weighted by Crippen LogP contribution is 2.23. The van der Waals surface area contributed by atoms with E-state index in [4.69, 9.17) is 4.74 Å². The van der Waals surface area contributed by atoms with Crippen LogP contribution in [0.5, 0.6) is 0 Å². The van der Waals surface area contributed by atoms with Gasteiger partial charge in [-0.2, -0.15) is 0 Å². The fourth-order valence-corrected chi connectivity index (χ4v) is 2.82. The fourth-order valence-electron chi connectivity index (χ4n) is 1.96. The van der Waals surface area contributed by atoms with E-state index in [9.17, 15) is 0 Å². The van der Waals surface area contributed by atoms with E-state index in [0.29, 0.717) is 0 Å². The van der Waals surface area contributed by atoms with Gasteiger partial charge in [0.05, 0.1) is 0 Å². The minimum absolute atomic E-state index is 0.838. The minimum Gasteiger partial charge on any atom is -0.385 e. The van der Waals surface area contributed by atoms with Crippen molar-refractivity contribution in [1.82, 2.24) is 5.32 Å². The lowest BCUT2D eigenvalue weighted by Crippen LogP contribution is -2.19. The average molecular weight is 275 g/mol. The van der Waals surface area contributed by atoms with Crippen LogP contribution in [0.2, 0.25) is 0 Å². The lowest BCUT2D eigenvalue weighted by Gasteiger charge is -2.05. The molecule has 0 aliphatic carbocycles. The topological polar surface area (TPSA) is 21.3 Å². The number of thioether (sulfide) groups is 1. The predicted octanol–water partition coefficient (Wildman–Crippen LogP) is 3.56. The van der Waals surface area contributed by atoms with Gasteiger partial charge < -0.3 is 10.1 Å². The standard InChI is InChI=1S/C16H21NOS/c1-18-11-4-9-17-10-12-19-16-8-7-14-5-2-3-6-15(14)13-16/h2-3,5-8,13,17H,4,9-12H2,1H3. The van der Waals surface area contributed by atoms with Crippen LogP contribution in [0, 0.1) is 0 Å². The largest absolute Gasteiger partial charge is 0.385 e. The van der Waals surface area contributed by atoms with Crippen LogP contribution in [0.15, 0.2) is 47.4 Å². The number of methoxy groups -OCH3 is 1. The van der Waals surface area contributed by atoms with Crippen molar-refractivity contribution in [1.29, 1.82) is 0 Å². The Morgan fingerprint density at radius 1 is 1.05 bits per heavy atom. The monoisotopic (exact) mass is 275 g/mol. The van der Waals surface area contributed by atoms with Crippen LogP contribution in [0.4, 0.5) is 0 Å². The summed E-state index contributed by atoms with van der Waals surface area (Å²) in [4.78, 5) is 1.34. The Morgan fingerprint density at radius 2 is 1.89 bits per heavy atom. The van der Waals surface area contributed by atoms with Crippen LogP contribution >= 0.6 is 11.8 Å². The Balaban J connectivity index is 1.72. The summed E-state index contributed by atoms with van der Waals surface area (Å²) < 4.78 is 5.01. The Morgan fingerprint density at radius 3 is 2.74 bits per heavy atom. The summed E-state index contributed by atoms with van der Waals surface area (Å²) in [6.45, 7) is 2.91. The molecule has 0 heterocycles. The van der Waals surface area contributed by atoms with Crippen LogP contribution in [-0.2, 0) is 4.74 Å². The second-order valence-corrected chi connectivity index (χ2v) is 5.62. The van der Waals surface area contributed by atoms with Crippen molar-refractivity contribution < 1.29 is 4.74 Å². The van der Waals surface area contributed by atoms with Gasteiger partial charge in [-0.3, -0.25) is 0 Å². The summed E-state index contributed by atoms with van der Waals surface area (Å²) >= 11 is 1.91. The molecular formula is C16H21NOS. The first-order valence-corrected chi connectivity index (χ1v) is 7.70. The molecule has 102 valence electrons. The Hall–Kier alpha value is -1.03. The fraction of sp³-hybridized carbons (Fsp3) is 0.375. The lowest BCUT2D eigenvalue weighted by molar-refractivity contribution is 0.194. The maximum absolute atomic E-state index is 5.01. The number of fused-ring (bicyclic) bond motifs is 1. The van der Waals surface area contributed by atoms with Crippen molar-refractivity contribution in [3.8, 4) is 0 Å². The van der Waals surface area contributed by atoms with Gasteiger partial charge in [-0.25, -0.2) is 0 Å². The van der Waals surface area contributed by atoms with Crippen molar-refractivity contribution >= 4 is 22.5 Å². The second-order valence-electron chi connectivity index (χ2n) is 4.45. The van der Waals surface area contributed by atoms with Gasteiger partial charge in [0.1, 0.15) is 0 Å². The average Bonchev–Trinajstić information content (AvgIpc) is 2.46. The molecule has 0 spiro atoms. The van der Waals surface area contributed by atoms with Crippen LogP contribution in [-0.4, -0.2) is 32.6 Å². The predicted molar refractivity (Wildman–Crippen MR) is 84.0 cm³/mol. The first-order chi connectivity index (χ1) is 9.40. The molecule has 2 rings (SSSR count). The van der Waals surface area contributed by atoms with Crippen LogP contribution in [0.1, 0.15) is 6.42 Å². The van der Waals surface area contributed by atoms with E-state index in [-0.39, 0.29) is 0 Å². The molecule has 0 amide bonds. The Bertz CT molecular complexity index is 501. The van der Waals surface area contributed by atoms with Crippen molar-refractivity contribution in [3.63, 3.8) is 0 Å². The first kappa shape index (κ1) is 14.4. The maximum atomic E-state index is 5.01. The summed E-state index contributed by atoms with van der Waals surface area (Å²) in [7, 11) is 1.75. The van der Waals surface area contributed by atoms with Gasteiger partial charge in [0.15, 0.2) is 0 Å². The highest BCUT2D eigenvalue weighted by molar-refractivity contribution is 7.99. The van der Waals surface area contributed by atoms with Crippen molar-refractivity contribution in [2.75, 3.05) is 32.6 Å². The van der Waals surface area contributed by atoms with Crippen LogP contribution < -0.4 is 5.32 Å². The molecule has 0 aromatic heterocycles. The quantitative estimate of drug-likeness (QED) is 0.588.